The summed E-state index contributed by atoms with van der Waals surface area (Å²) in [5.74, 6) is 1.71. The number of nitrogens with one attached hydrogen (secondary N) is 1. The van der Waals surface area contributed by atoms with Gasteiger partial charge in [0.15, 0.2) is 0 Å². The number of rotatable bonds is 5. The summed E-state index contributed by atoms with van der Waals surface area (Å²) in [6.45, 7) is 7.89. The molecule has 2 aromatic rings. The molecule has 0 aliphatic carbocycles. The highest BCUT2D eigenvalue weighted by molar-refractivity contribution is 5.47. The quantitative estimate of drug-likeness (QED) is 0.906. The molecule has 0 aliphatic rings. The lowest BCUT2D eigenvalue weighted by atomic mass is 10.2. The Morgan fingerprint density at radius 3 is 2.40 bits per heavy atom. The largest absolute Gasteiger partial charge is 0.373 e. The Hall–Kier alpha value is -2.10. The molecule has 0 unspecified atom stereocenters. The Morgan fingerprint density at radius 1 is 1.10 bits per heavy atom. The summed E-state index contributed by atoms with van der Waals surface area (Å²) in [6, 6.07) is 10.5. The van der Waals surface area contributed by atoms with Crippen molar-refractivity contribution in [3.63, 3.8) is 0 Å². The lowest BCUT2D eigenvalue weighted by molar-refractivity contribution is 0.776. The second kappa shape index (κ2) is 6.37. The highest BCUT2D eigenvalue weighted by atomic mass is 15.2. The fourth-order valence-electron chi connectivity index (χ4n) is 2.14. The first kappa shape index (κ1) is 14.3. The second-order valence-corrected chi connectivity index (χ2v) is 4.91. The number of anilines is 2. The van der Waals surface area contributed by atoms with Crippen LogP contribution in [0.25, 0.3) is 0 Å². The van der Waals surface area contributed by atoms with Gasteiger partial charge in [-0.15, -0.1) is 0 Å². The SMILES string of the molecule is CCN(Cc1nc(C)cc(NC)n1)c1ccc(C)cc1. The van der Waals surface area contributed by atoms with E-state index in [9.17, 15) is 0 Å². The highest BCUT2D eigenvalue weighted by Gasteiger charge is 2.08. The Morgan fingerprint density at radius 2 is 1.80 bits per heavy atom. The normalized spacial score (nSPS) is 10.4. The monoisotopic (exact) mass is 270 g/mol. The lowest BCUT2D eigenvalue weighted by Gasteiger charge is -2.22. The predicted octanol–water partition coefficient (Wildman–Crippen LogP) is 3.16. The van der Waals surface area contributed by atoms with Gasteiger partial charge in [0, 0.05) is 31.0 Å². The summed E-state index contributed by atoms with van der Waals surface area (Å²) in [4.78, 5) is 11.3. The van der Waals surface area contributed by atoms with Crippen LogP contribution >= 0.6 is 0 Å². The van der Waals surface area contributed by atoms with Gasteiger partial charge in [0.1, 0.15) is 11.6 Å². The molecule has 106 valence electrons. The van der Waals surface area contributed by atoms with Crippen molar-refractivity contribution in [2.24, 2.45) is 0 Å². The summed E-state index contributed by atoms with van der Waals surface area (Å²) in [6.07, 6.45) is 0. The van der Waals surface area contributed by atoms with Crippen molar-refractivity contribution in [3.05, 3.63) is 47.4 Å². The maximum Gasteiger partial charge on any atom is 0.150 e. The number of nitrogens with zero attached hydrogens (tertiary/aromatic N) is 3. The molecule has 0 saturated carbocycles. The van der Waals surface area contributed by atoms with E-state index < -0.39 is 0 Å². The average molecular weight is 270 g/mol. The van der Waals surface area contributed by atoms with Crippen LogP contribution in [0.1, 0.15) is 24.0 Å². The van der Waals surface area contributed by atoms with E-state index in [2.05, 4.69) is 58.3 Å². The molecule has 0 atom stereocenters. The third kappa shape index (κ3) is 3.47. The lowest BCUT2D eigenvalue weighted by Crippen LogP contribution is -2.23. The summed E-state index contributed by atoms with van der Waals surface area (Å²) in [5, 5.41) is 3.08. The molecule has 0 fully saturated rings. The number of hydrogen-bond donors (Lipinski definition) is 1. The first-order valence-corrected chi connectivity index (χ1v) is 6.96. The molecular formula is C16H22N4. The van der Waals surface area contributed by atoms with Gasteiger partial charge in [0.2, 0.25) is 0 Å². The van der Waals surface area contributed by atoms with Crippen LogP contribution in [0, 0.1) is 13.8 Å². The molecule has 20 heavy (non-hydrogen) atoms. The van der Waals surface area contributed by atoms with E-state index >= 15 is 0 Å². The molecule has 1 heterocycles. The molecule has 0 aliphatic heterocycles. The van der Waals surface area contributed by atoms with E-state index in [4.69, 9.17) is 0 Å². The van der Waals surface area contributed by atoms with Crippen molar-refractivity contribution >= 4 is 11.5 Å². The molecule has 1 N–H and O–H groups in total. The molecular weight excluding hydrogens is 248 g/mol. The van der Waals surface area contributed by atoms with Gasteiger partial charge < -0.3 is 10.2 Å². The third-order valence-corrected chi connectivity index (χ3v) is 3.27. The third-order valence-electron chi connectivity index (χ3n) is 3.27. The molecule has 1 aromatic carbocycles. The zero-order chi connectivity index (χ0) is 14.5. The number of hydrogen-bond acceptors (Lipinski definition) is 4. The molecule has 0 amide bonds. The first-order chi connectivity index (χ1) is 9.62. The Balaban J connectivity index is 2.21. The van der Waals surface area contributed by atoms with Gasteiger partial charge in [0.25, 0.3) is 0 Å². The number of aryl methyl sites for hydroxylation is 2. The predicted molar refractivity (Wildman–Crippen MR) is 84.2 cm³/mol. The van der Waals surface area contributed by atoms with E-state index in [1.165, 1.54) is 11.3 Å². The summed E-state index contributed by atoms with van der Waals surface area (Å²) < 4.78 is 0. The highest BCUT2D eigenvalue weighted by Crippen LogP contribution is 2.17. The Labute approximate surface area is 120 Å². The van der Waals surface area contributed by atoms with Crippen molar-refractivity contribution in [3.8, 4) is 0 Å². The van der Waals surface area contributed by atoms with Crippen LogP contribution in [0.5, 0.6) is 0 Å². The smallest absolute Gasteiger partial charge is 0.150 e. The molecule has 2 rings (SSSR count). The molecule has 4 heteroatoms. The van der Waals surface area contributed by atoms with Crippen molar-refractivity contribution < 1.29 is 0 Å². The minimum Gasteiger partial charge on any atom is -0.373 e. The van der Waals surface area contributed by atoms with Crippen molar-refractivity contribution in [1.29, 1.82) is 0 Å². The molecule has 0 bridgehead atoms. The fraction of sp³-hybridized carbons (Fsp3) is 0.375. The van der Waals surface area contributed by atoms with Gasteiger partial charge in [-0.05, 0) is 32.9 Å². The maximum atomic E-state index is 4.52. The van der Waals surface area contributed by atoms with Crippen LogP contribution in [0.4, 0.5) is 11.5 Å². The van der Waals surface area contributed by atoms with Crippen LogP contribution in [0.15, 0.2) is 30.3 Å². The van der Waals surface area contributed by atoms with Crippen LogP contribution in [0.3, 0.4) is 0 Å². The molecule has 0 radical (unpaired) electrons. The number of aromatic nitrogens is 2. The van der Waals surface area contributed by atoms with E-state index in [-0.39, 0.29) is 0 Å². The molecule has 0 spiro atoms. The van der Waals surface area contributed by atoms with Crippen LogP contribution in [-0.2, 0) is 6.54 Å². The topological polar surface area (TPSA) is 41.1 Å². The van der Waals surface area contributed by atoms with Crippen LogP contribution in [0.2, 0.25) is 0 Å². The molecule has 0 saturated heterocycles. The summed E-state index contributed by atoms with van der Waals surface area (Å²) in [5.41, 5.74) is 3.46. The standard InChI is InChI=1S/C16H22N4/c1-5-20(14-8-6-12(2)7-9-14)11-16-18-13(3)10-15(17-4)19-16/h6-10H,5,11H2,1-4H3,(H,17,18,19). The van der Waals surface area contributed by atoms with Gasteiger partial charge in [0.05, 0.1) is 6.54 Å². The molecule has 1 aromatic heterocycles. The maximum absolute atomic E-state index is 4.52. The van der Waals surface area contributed by atoms with E-state index in [1.807, 2.05) is 20.0 Å². The fourth-order valence-corrected chi connectivity index (χ4v) is 2.14. The molecule has 4 nitrogen and oxygen atoms in total. The van der Waals surface area contributed by atoms with Gasteiger partial charge in [-0.25, -0.2) is 9.97 Å². The summed E-state index contributed by atoms with van der Waals surface area (Å²) >= 11 is 0. The van der Waals surface area contributed by atoms with Gasteiger partial charge in [-0.1, -0.05) is 17.7 Å². The Kier molecular flexibility index (Phi) is 4.56. The van der Waals surface area contributed by atoms with E-state index in [1.54, 1.807) is 0 Å². The second-order valence-electron chi connectivity index (χ2n) is 4.91. The van der Waals surface area contributed by atoms with Gasteiger partial charge in [-0.3, -0.25) is 0 Å². The van der Waals surface area contributed by atoms with E-state index in [0.29, 0.717) is 0 Å². The number of benzene rings is 1. The van der Waals surface area contributed by atoms with E-state index in [0.717, 1.165) is 30.4 Å². The van der Waals surface area contributed by atoms with Crippen LogP contribution in [-0.4, -0.2) is 23.6 Å². The van der Waals surface area contributed by atoms with Crippen molar-refractivity contribution in [1.82, 2.24) is 9.97 Å². The minimum absolute atomic E-state index is 0.718. The van der Waals surface area contributed by atoms with Crippen molar-refractivity contribution in [2.75, 3.05) is 23.8 Å². The van der Waals surface area contributed by atoms with Crippen LogP contribution < -0.4 is 10.2 Å². The average Bonchev–Trinajstić information content (AvgIpc) is 2.45. The Bertz CT molecular complexity index is 563. The van der Waals surface area contributed by atoms with Crippen molar-refractivity contribution in [2.45, 2.75) is 27.3 Å². The summed E-state index contributed by atoms with van der Waals surface area (Å²) in [7, 11) is 1.88. The zero-order valence-electron chi connectivity index (χ0n) is 12.6. The minimum atomic E-state index is 0.718. The van der Waals surface area contributed by atoms with Gasteiger partial charge in [-0.2, -0.15) is 0 Å². The zero-order valence-corrected chi connectivity index (χ0v) is 12.6. The first-order valence-electron chi connectivity index (χ1n) is 6.96. The van der Waals surface area contributed by atoms with Gasteiger partial charge >= 0.3 is 0 Å².